The van der Waals surface area contributed by atoms with E-state index in [1.54, 1.807) is 11.3 Å². The number of hydrogen-bond acceptors (Lipinski definition) is 7. The lowest BCUT2D eigenvalue weighted by molar-refractivity contribution is 0.122. The molecule has 3 aromatic rings. The van der Waals surface area contributed by atoms with Crippen LogP contribution in [0, 0.1) is 0 Å². The maximum atomic E-state index is 5.48. The van der Waals surface area contributed by atoms with E-state index in [-0.39, 0.29) is 12.8 Å². The van der Waals surface area contributed by atoms with Gasteiger partial charge in [-0.3, -0.25) is 0 Å². The third-order valence-electron chi connectivity index (χ3n) is 5.53. The second-order valence-electron chi connectivity index (χ2n) is 7.51. The lowest BCUT2D eigenvalue weighted by Gasteiger charge is -2.29. The van der Waals surface area contributed by atoms with Gasteiger partial charge in [-0.1, -0.05) is 12.1 Å². The third-order valence-corrected chi connectivity index (χ3v) is 6.47. The summed E-state index contributed by atoms with van der Waals surface area (Å²) in [5.41, 5.74) is 4.65. The number of benzene rings is 2. The zero-order chi connectivity index (χ0) is 20.3. The second-order valence-corrected chi connectivity index (χ2v) is 8.36. The molecule has 1 saturated heterocycles. The fourth-order valence-electron chi connectivity index (χ4n) is 3.72. The van der Waals surface area contributed by atoms with Crippen LogP contribution in [0.15, 0.2) is 47.8 Å². The van der Waals surface area contributed by atoms with E-state index in [1.165, 1.54) is 11.3 Å². The molecule has 5 rings (SSSR count). The van der Waals surface area contributed by atoms with Crippen LogP contribution in [0.1, 0.15) is 24.2 Å². The second kappa shape index (κ2) is 8.63. The normalized spacial score (nSPS) is 16.6. The van der Waals surface area contributed by atoms with Crippen LogP contribution in [0.25, 0.3) is 10.6 Å². The van der Waals surface area contributed by atoms with Crippen LogP contribution < -0.4 is 19.7 Å². The smallest absolute Gasteiger partial charge is 0.231 e. The number of thiazole rings is 1. The molecular formula is C23H25N3O3S. The van der Waals surface area contributed by atoms with E-state index in [0.717, 1.165) is 60.6 Å². The van der Waals surface area contributed by atoms with Gasteiger partial charge < -0.3 is 24.4 Å². The lowest BCUT2D eigenvalue weighted by Crippen LogP contribution is -2.36. The van der Waals surface area contributed by atoms with Crippen molar-refractivity contribution in [3.8, 4) is 22.1 Å². The largest absolute Gasteiger partial charge is 0.454 e. The zero-order valence-corrected chi connectivity index (χ0v) is 17.8. The first kappa shape index (κ1) is 19.4. The van der Waals surface area contributed by atoms with E-state index in [1.807, 2.05) is 18.2 Å². The highest BCUT2D eigenvalue weighted by Crippen LogP contribution is 2.36. The predicted molar refractivity (Wildman–Crippen MR) is 118 cm³/mol. The average molecular weight is 424 g/mol. The Morgan fingerprint density at radius 3 is 2.70 bits per heavy atom. The lowest BCUT2D eigenvalue weighted by atomic mass is 10.1. The Labute approximate surface area is 180 Å². The highest BCUT2D eigenvalue weighted by Gasteiger charge is 2.16. The van der Waals surface area contributed by atoms with E-state index in [9.17, 15) is 0 Å². The van der Waals surface area contributed by atoms with Gasteiger partial charge in [-0.2, -0.15) is 0 Å². The molecule has 6 nitrogen and oxygen atoms in total. The van der Waals surface area contributed by atoms with Crippen LogP contribution in [0.4, 0.5) is 5.69 Å². The van der Waals surface area contributed by atoms with Crippen LogP contribution in [-0.4, -0.2) is 38.1 Å². The number of nitrogens with zero attached hydrogens (tertiary/aromatic N) is 2. The molecule has 0 radical (unpaired) electrons. The molecule has 2 aliphatic heterocycles. The summed E-state index contributed by atoms with van der Waals surface area (Å²) in [6.07, 6.45) is 0. The van der Waals surface area contributed by atoms with Gasteiger partial charge in [0.25, 0.3) is 0 Å². The topological polar surface area (TPSA) is 55.8 Å². The van der Waals surface area contributed by atoms with Crippen molar-refractivity contribution in [3.63, 3.8) is 0 Å². The van der Waals surface area contributed by atoms with Crippen molar-refractivity contribution in [1.29, 1.82) is 0 Å². The monoisotopic (exact) mass is 423 g/mol. The summed E-state index contributed by atoms with van der Waals surface area (Å²) in [5.74, 6) is 1.59. The first-order valence-electron chi connectivity index (χ1n) is 10.3. The molecule has 0 aliphatic carbocycles. The fraction of sp³-hybridized carbons (Fsp3) is 0.348. The van der Waals surface area contributed by atoms with E-state index in [2.05, 4.69) is 46.8 Å². The molecule has 0 saturated carbocycles. The van der Waals surface area contributed by atoms with Crippen LogP contribution in [0.5, 0.6) is 11.5 Å². The molecule has 2 aliphatic rings. The maximum absolute atomic E-state index is 5.48. The molecule has 0 spiro atoms. The van der Waals surface area contributed by atoms with Crippen molar-refractivity contribution >= 4 is 17.0 Å². The van der Waals surface area contributed by atoms with Crippen LogP contribution in [0.2, 0.25) is 0 Å². The van der Waals surface area contributed by atoms with Crippen molar-refractivity contribution in [3.05, 3.63) is 59.1 Å². The van der Waals surface area contributed by atoms with Crippen LogP contribution in [0.3, 0.4) is 0 Å². The van der Waals surface area contributed by atoms with Gasteiger partial charge >= 0.3 is 0 Å². The number of fused-ring (bicyclic) bond motifs is 1. The van der Waals surface area contributed by atoms with Gasteiger partial charge in [0.1, 0.15) is 5.01 Å². The highest BCUT2D eigenvalue weighted by atomic mass is 32.1. The Balaban J connectivity index is 1.19. The van der Waals surface area contributed by atoms with Gasteiger partial charge in [-0.25, -0.2) is 4.98 Å². The Bertz CT molecular complexity index is 999. The number of morpholine rings is 1. The molecule has 1 N–H and O–H groups in total. The molecule has 156 valence electrons. The highest BCUT2D eigenvalue weighted by molar-refractivity contribution is 7.13. The first-order chi connectivity index (χ1) is 14.8. The fourth-order valence-corrected chi connectivity index (χ4v) is 4.54. The number of aromatic nitrogens is 1. The number of ether oxygens (including phenoxy) is 3. The Morgan fingerprint density at radius 2 is 1.87 bits per heavy atom. The predicted octanol–water partition coefficient (Wildman–Crippen LogP) is 4.23. The van der Waals surface area contributed by atoms with Crippen molar-refractivity contribution in [2.24, 2.45) is 0 Å². The Morgan fingerprint density at radius 1 is 1.07 bits per heavy atom. The van der Waals surface area contributed by atoms with E-state index >= 15 is 0 Å². The zero-order valence-electron chi connectivity index (χ0n) is 17.0. The minimum atomic E-state index is 0.249. The summed E-state index contributed by atoms with van der Waals surface area (Å²) in [5, 5.41) is 6.69. The molecular weight excluding hydrogens is 398 g/mol. The minimum absolute atomic E-state index is 0.249. The summed E-state index contributed by atoms with van der Waals surface area (Å²) in [4.78, 5) is 7.16. The summed E-state index contributed by atoms with van der Waals surface area (Å²) in [7, 11) is 0. The molecule has 1 aromatic heterocycles. The van der Waals surface area contributed by atoms with Gasteiger partial charge in [-0.05, 0) is 42.8 Å². The summed E-state index contributed by atoms with van der Waals surface area (Å²) in [6.45, 7) is 6.74. The van der Waals surface area contributed by atoms with Crippen LogP contribution in [-0.2, 0) is 11.3 Å². The number of anilines is 1. The molecule has 7 heteroatoms. The van der Waals surface area contributed by atoms with E-state index < -0.39 is 0 Å². The first-order valence-corrected chi connectivity index (χ1v) is 11.1. The molecule has 1 unspecified atom stereocenters. The molecule has 3 heterocycles. The molecule has 30 heavy (non-hydrogen) atoms. The van der Waals surface area contributed by atoms with Gasteiger partial charge in [0.2, 0.25) is 6.79 Å². The van der Waals surface area contributed by atoms with Crippen LogP contribution >= 0.6 is 11.3 Å². The standard InChI is InChI=1S/C23H25N3O3S/c1-16(17-2-5-20(6-3-17)26-8-10-27-11-9-26)24-13-19-14-30-23(25-19)18-4-7-21-22(12-18)29-15-28-21/h2-7,12,14,16,24H,8-11,13,15H2,1H3. The Hall–Kier alpha value is -2.61. The molecule has 0 bridgehead atoms. The Kier molecular flexibility index (Phi) is 5.57. The molecule has 1 fully saturated rings. The van der Waals surface area contributed by atoms with Crippen molar-refractivity contribution < 1.29 is 14.2 Å². The van der Waals surface area contributed by atoms with Gasteiger partial charge in [0.15, 0.2) is 11.5 Å². The van der Waals surface area contributed by atoms with Gasteiger partial charge in [0.05, 0.1) is 18.9 Å². The van der Waals surface area contributed by atoms with Crippen molar-refractivity contribution in [1.82, 2.24) is 10.3 Å². The molecule has 2 aromatic carbocycles. The van der Waals surface area contributed by atoms with Gasteiger partial charge in [-0.15, -0.1) is 11.3 Å². The summed E-state index contributed by atoms with van der Waals surface area (Å²) < 4.78 is 16.3. The number of rotatable bonds is 6. The third kappa shape index (κ3) is 4.14. The van der Waals surface area contributed by atoms with Gasteiger partial charge in [0, 0.05) is 42.3 Å². The minimum Gasteiger partial charge on any atom is -0.454 e. The quantitative estimate of drug-likeness (QED) is 0.641. The summed E-state index contributed by atoms with van der Waals surface area (Å²) >= 11 is 1.65. The molecule has 0 amide bonds. The molecule has 1 atom stereocenters. The van der Waals surface area contributed by atoms with Crippen molar-refractivity contribution in [2.75, 3.05) is 38.0 Å². The van der Waals surface area contributed by atoms with Crippen molar-refractivity contribution in [2.45, 2.75) is 19.5 Å². The maximum Gasteiger partial charge on any atom is 0.231 e. The van der Waals surface area contributed by atoms with E-state index in [4.69, 9.17) is 19.2 Å². The summed E-state index contributed by atoms with van der Waals surface area (Å²) in [6, 6.07) is 15.1. The SMILES string of the molecule is CC(NCc1csc(-c2ccc3c(c2)OCO3)n1)c1ccc(N2CCOCC2)cc1. The average Bonchev–Trinajstić information content (AvgIpc) is 3.47. The number of nitrogens with one attached hydrogen (secondary N) is 1. The number of hydrogen-bond donors (Lipinski definition) is 1. The van der Waals surface area contributed by atoms with E-state index in [0.29, 0.717) is 0 Å².